The van der Waals surface area contributed by atoms with Crippen LogP contribution in [0.2, 0.25) is 0 Å². The Hall–Kier alpha value is -2.51. The number of aromatic nitrogens is 4. The number of nitrogen functional groups attached to an aromatic ring is 1. The number of hydrazine groups is 1. The minimum absolute atomic E-state index is 0.339. The van der Waals surface area contributed by atoms with Gasteiger partial charge in [0.1, 0.15) is 24.6 Å². The quantitative estimate of drug-likeness (QED) is 0.546. The Morgan fingerprint density at radius 3 is 2.95 bits per heavy atom. The normalized spacial score (nSPS) is 11.0. The molecule has 2 heterocycles. The van der Waals surface area contributed by atoms with Gasteiger partial charge in [-0.1, -0.05) is 12.1 Å². The zero-order chi connectivity index (χ0) is 14.7. The molecule has 0 radical (unpaired) electrons. The summed E-state index contributed by atoms with van der Waals surface area (Å²) in [5, 5.41) is 0. The molecule has 0 fully saturated rings. The summed E-state index contributed by atoms with van der Waals surface area (Å²) in [5.74, 6) is 7.28. The molecule has 0 spiro atoms. The lowest BCUT2D eigenvalue weighted by atomic mass is 10.3. The second kappa shape index (κ2) is 5.86. The van der Waals surface area contributed by atoms with E-state index in [0.29, 0.717) is 30.7 Å². The first-order chi connectivity index (χ1) is 10.3. The fraction of sp³-hybridized carbons (Fsp3) is 0.214. The van der Waals surface area contributed by atoms with Crippen LogP contribution in [-0.4, -0.2) is 26.1 Å². The second-order valence-electron chi connectivity index (χ2n) is 4.41. The summed E-state index contributed by atoms with van der Waals surface area (Å²) in [6, 6.07) is 9.62. The molecule has 21 heavy (non-hydrogen) atoms. The zero-order valence-electron chi connectivity index (χ0n) is 11.7. The van der Waals surface area contributed by atoms with E-state index in [-0.39, 0.29) is 0 Å². The number of para-hydroxylation sites is 2. The highest BCUT2D eigenvalue weighted by Crippen LogP contribution is 2.18. The van der Waals surface area contributed by atoms with Crippen molar-refractivity contribution in [3.8, 4) is 5.82 Å². The van der Waals surface area contributed by atoms with Crippen molar-refractivity contribution in [3.63, 3.8) is 0 Å². The third-order valence-corrected chi connectivity index (χ3v) is 3.04. The predicted octanol–water partition coefficient (Wildman–Crippen LogP) is 1.64. The van der Waals surface area contributed by atoms with Gasteiger partial charge in [0, 0.05) is 12.7 Å². The van der Waals surface area contributed by atoms with Crippen LogP contribution in [0.25, 0.3) is 16.9 Å². The molecule has 3 rings (SSSR count). The number of anilines is 1. The highest BCUT2D eigenvalue weighted by molar-refractivity contribution is 5.76. The van der Waals surface area contributed by atoms with Crippen LogP contribution in [0, 0.1) is 0 Å². The summed E-state index contributed by atoms with van der Waals surface area (Å²) < 4.78 is 7.26. The third-order valence-electron chi connectivity index (χ3n) is 3.04. The first-order valence-electron chi connectivity index (χ1n) is 6.66. The van der Waals surface area contributed by atoms with Gasteiger partial charge in [-0.25, -0.2) is 20.8 Å². The number of imidazole rings is 1. The summed E-state index contributed by atoms with van der Waals surface area (Å²) in [4.78, 5) is 13.1. The van der Waals surface area contributed by atoms with Crippen molar-refractivity contribution in [3.05, 3.63) is 42.5 Å². The molecule has 0 amide bonds. The number of fused-ring (bicyclic) bond motifs is 1. The van der Waals surface area contributed by atoms with Gasteiger partial charge in [0.05, 0.1) is 11.0 Å². The molecule has 0 atom stereocenters. The smallest absolute Gasteiger partial charge is 0.158 e. The molecule has 1 aromatic carbocycles. The predicted molar refractivity (Wildman–Crippen MR) is 79.8 cm³/mol. The first-order valence-corrected chi connectivity index (χ1v) is 6.66. The lowest BCUT2D eigenvalue weighted by Crippen LogP contribution is -2.12. The maximum atomic E-state index is 5.48. The average molecular weight is 284 g/mol. The maximum absolute atomic E-state index is 5.48. The lowest BCUT2D eigenvalue weighted by Gasteiger charge is -2.09. The van der Waals surface area contributed by atoms with Crippen molar-refractivity contribution in [1.82, 2.24) is 19.5 Å². The highest BCUT2D eigenvalue weighted by Gasteiger charge is 2.09. The van der Waals surface area contributed by atoms with Crippen LogP contribution in [0.1, 0.15) is 12.7 Å². The molecule has 7 heteroatoms. The third kappa shape index (κ3) is 2.69. The molecular weight excluding hydrogens is 268 g/mol. The standard InChI is InChI=1S/C14H16N6O/c1-2-21-8-13-17-12(19-15)7-14(18-13)20-9-16-10-5-3-4-6-11(10)20/h3-7,9H,2,8,15H2,1H3,(H,17,18,19). The van der Waals surface area contributed by atoms with Gasteiger partial charge in [-0.15, -0.1) is 0 Å². The van der Waals surface area contributed by atoms with E-state index in [1.165, 1.54) is 0 Å². The molecule has 0 bridgehead atoms. The number of benzene rings is 1. The monoisotopic (exact) mass is 284 g/mol. The molecule has 3 aromatic rings. The summed E-state index contributed by atoms with van der Waals surface area (Å²) in [6.07, 6.45) is 1.73. The lowest BCUT2D eigenvalue weighted by molar-refractivity contribution is 0.128. The number of rotatable bonds is 5. The van der Waals surface area contributed by atoms with Gasteiger partial charge in [-0.2, -0.15) is 0 Å². The first kappa shape index (κ1) is 13.5. The minimum Gasteiger partial charge on any atom is -0.374 e. The molecule has 108 valence electrons. The molecule has 3 N–H and O–H groups in total. The largest absolute Gasteiger partial charge is 0.374 e. The number of hydrogen-bond acceptors (Lipinski definition) is 6. The molecular formula is C14H16N6O. The van der Waals surface area contributed by atoms with Gasteiger partial charge >= 0.3 is 0 Å². The number of nitrogens with two attached hydrogens (primary N) is 1. The molecule has 7 nitrogen and oxygen atoms in total. The van der Waals surface area contributed by atoms with E-state index in [4.69, 9.17) is 10.6 Å². The van der Waals surface area contributed by atoms with Crippen LogP contribution >= 0.6 is 0 Å². The zero-order valence-corrected chi connectivity index (χ0v) is 11.7. The fourth-order valence-corrected chi connectivity index (χ4v) is 2.08. The molecule has 0 saturated heterocycles. The topological polar surface area (TPSA) is 90.9 Å². The van der Waals surface area contributed by atoms with E-state index in [0.717, 1.165) is 11.0 Å². The Balaban J connectivity index is 2.08. The maximum Gasteiger partial charge on any atom is 0.158 e. The molecule has 0 saturated carbocycles. The van der Waals surface area contributed by atoms with Gasteiger partial charge in [-0.05, 0) is 19.1 Å². The van der Waals surface area contributed by atoms with E-state index in [9.17, 15) is 0 Å². The number of ether oxygens (including phenoxy) is 1. The van der Waals surface area contributed by atoms with Crippen LogP contribution in [0.5, 0.6) is 0 Å². The van der Waals surface area contributed by atoms with Crippen LogP contribution < -0.4 is 11.3 Å². The molecule has 0 aliphatic rings. The van der Waals surface area contributed by atoms with Crippen molar-refractivity contribution in [2.75, 3.05) is 12.0 Å². The van der Waals surface area contributed by atoms with Crippen molar-refractivity contribution >= 4 is 16.9 Å². The van der Waals surface area contributed by atoms with Crippen molar-refractivity contribution in [2.24, 2.45) is 5.84 Å². The molecule has 0 unspecified atom stereocenters. The van der Waals surface area contributed by atoms with Crippen LogP contribution in [-0.2, 0) is 11.3 Å². The summed E-state index contributed by atoms with van der Waals surface area (Å²) >= 11 is 0. The van der Waals surface area contributed by atoms with E-state index in [1.54, 1.807) is 12.4 Å². The van der Waals surface area contributed by atoms with Gasteiger partial charge in [0.15, 0.2) is 5.82 Å². The van der Waals surface area contributed by atoms with Gasteiger partial charge < -0.3 is 10.2 Å². The Morgan fingerprint density at radius 1 is 1.29 bits per heavy atom. The van der Waals surface area contributed by atoms with Gasteiger partial charge in [0.25, 0.3) is 0 Å². The van der Waals surface area contributed by atoms with E-state index < -0.39 is 0 Å². The van der Waals surface area contributed by atoms with E-state index in [2.05, 4.69) is 20.4 Å². The SMILES string of the molecule is CCOCc1nc(NN)cc(-n2cnc3ccccc32)n1. The van der Waals surface area contributed by atoms with Crippen LogP contribution in [0.3, 0.4) is 0 Å². The molecule has 0 aliphatic heterocycles. The number of nitrogens with one attached hydrogen (secondary N) is 1. The van der Waals surface area contributed by atoms with Crippen molar-refractivity contribution in [2.45, 2.75) is 13.5 Å². The van der Waals surface area contributed by atoms with Gasteiger partial charge in [0.2, 0.25) is 0 Å². The average Bonchev–Trinajstić information content (AvgIpc) is 2.96. The van der Waals surface area contributed by atoms with Crippen LogP contribution in [0.15, 0.2) is 36.7 Å². The van der Waals surface area contributed by atoms with E-state index >= 15 is 0 Å². The Labute approximate surface area is 121 Å². The Bertz CT molecular complexity index is 754. The summed E-state index contributed by atoms with van der Waals surface area (Å²) in [6.45, 7) is 2.87. The van der Waals surface area contributed by atoms with Crippen molar-refractivity contribution in [1.29, 1.82) is 0 Å². The molecule has 2 aromatic heterocycles. The second-order valence-corrected chi connectivity index (χ2v) is 4.41. The number of hydrogen-bond donors (Lipinski definition) is 2. The summed E-state index contributed by atoms with van der Waals surface area (Å²) in [5.41, 5.74) is 4.43. The summed E-state index contributed by atoms with van der Waals surface area (Å²) in [7, 11) is 0. The Kier molecular flexibility index (Phi) is 3.76. The van der Waals surface area contributed by atoms with E-state index in [1.807, 2.05) is 35.8 Å². The van der Waals surface area contributed by atoms with Gasteiger partial charge in [-0.3, -0.25) is 4.57 Å². The Morgan fingerprint density at radius 2 is 2.14 bits per heavy atom. The fourth-order valence-electron chi connectivity index (χ4n) is 2.08. The van der Waals surface area contributed by atoms with Crippen molar-refractivity contribution < 1.29 is 4.74 Å². The minimum atomic E-state index is 0.339. The highest BCUT2D eigenvalue weighted by atomic mass is 16.5. The molecule has 0 aliphatic carbocycles. The number of nitrogens with zero attached hydrogens (tertiary/aromatic N) is 4. The van der Waals surface area contributed by atoms with Crippen LogP contribution in [0.4, 0.5) is 5.82 Å².